The van der Waals surface area contributed by atoms with E-state index in [1.807, 2.05) is 6.92 Å². The number of nitrogens with one attached hydrogen (secondary N) is 1. The Kier molecular flexibility index (Phi) is 3.19. The van der Waals surface area contributed by atoms with E-state index in [1.165, 1.54) is 6.07 Å². The molecule has 2 rings (SSSR count). The molecule has 16 heavy (non-hydrogen) atoms. The quantitative estimate of drug-likeness (QED) is 0.808. The Bertz CT molecular complexity index is 454. The van der Waals surface area contributed by atoms with Gasteiger partial charge in [-0.3, -0.25) is 0 Å². The Morgan fingerprint density at radius 2 is 2.00 bits per heavy atom. The molecule has 1 aromatic heterocycles. The Balaban J connectivity index is 2.29. The third-order valence-corrected chi connectivity index (χ3v) is 2.36. The van der Waals surface area contributed by atoms with E-state index in [4.69, 9.17) is 4.42 Å². The zero-order valence-electron chi connectivity index (χ0n) is 9.02. The van der Waals surface area contributed by atoms with Crippen molar-refractivity contribution in [3.63, 3.8) is 0 Å². The lowest BCUT2D eigenvalue weighted by molar-refractivity contribution is 0.494. The van der Waals surface area contributed by atoms with Crippen LogP contribution in [0.4, 0.5) is 8.78 Å². The second-order valence-corrected chi connectivity index (χ2v) is 3.66. The molecule has 0 spiro atoms. The van der Waals surface area contributed by atoms with Gasteiger partial charge in [0.2, 0.25) is 0 Å². The molecular formula is C12H13F2NO. The van der Waals surface area contributed by atoms with Crippen LogP contribution in [0.3, 0.4) is 0 Å². The minimum absolute atomic E-state index is 0.00621. The monoisotopic (exact) mass is 225 g/mol. The summed E-state index contributed by atoms with van der Waals surface area (Å²) in [7, 11) is 0. The molecule has 0 aliphatic carbocycles. The van der Waals surface area contributed by atoms with Crippen LogP contribution in [0.15, 0.2) is 22.6 Å². The van der Waals surface area contributed by atoms with Crippen LogP contribution in [-0.2, 0) is 6.54 Å². The van der Waals surface area contributed by atoms with Gasteiger partial charge in [-0.05, 0) is 31.2 Å². The highest BCUT2D eigenvalue weighted by molar-refractivity contribution is 5.79. The molecule has 0 aliphatic rings. The number of benzene rings is 1. The minimum atomic E-state index is -0.529. The van der Waals surface area contributed by atoms with Crippen molar-refractivity contribution >= 4 is 11.0 Å². The van der Waals surface area contributed by atoms with Crippen LogP contribution < -0.4 is 5.32 Å². The molecule has 1 N–H and O–H groups in total. The average Bonchev–Trinajstić information content (AvgIpc) is 2.69. The van der Waals surface area contributed by atoms with Crippen molar-refractivity contribution in [1.29, 1.82) is 0 Å². The lowest BCUT2D eigenvalue weighted by Crippen LogP contribution is -2.12. The van der Waals surface area contributed by atoms with Gasteiger partial charge < -0.3 is 9.73 Å². The maximum absolute atomic E-state index is 13.3. The fraction of sp³-hybridized carbons (Fsp3) is 0.333. The molecule has 0 saturated carbocycles. The number of fused-ring (bicyclic) bond motifs is 1. The lowest BCUT2D eigenvalue weighted by Gasteiger charge is -1.97. The van der Waals surface area contributed by atoms with Crippen LogP contribution in [0, 0.1) is 11.6 Å². The van der Waals surface area contributed by atoms with Gasteiger partial charge in [0.1, 0.15) is 11.6 Å². The molecule has 0 fully saturated rings. The summed E-state index contributed by atoms with van der Waals surface area (Å²) in [5, 5.41) is 3.31. The standard InChI is InChI=1S/C12H13F2NO/c1-2-5-15-7-8-6-9-10(13)3-4-11(14)12(9)16-8/h3-4,6,15H,2,5,7H2,1H3. The van der Waals surface area contributed by atoms with Gasteiger partial charge in [-0.2, -0.15) is 0 Å². The van der Waals surface area contributed by atoms with Crippen LogP contribution in [0.2, 0.25) is 0 Å². The summed E-state index contributed by atoms with van der Waals surface area (Å²) < 4.78 is 31.9. The van der Waals surface area contributed by atoms with Crippen molar-refractivity contribution < 1.29 is 13.2 Å². The molecule has 0 atom stereocenters. The van der Waals surface area contributed by atoms with E-state index in [-0.39, 0.29) is 11.0 Å². The number of rotatable bonds is 4. The van der Waals surface area contributed by atoms with Crippen molar-refractivity contribution in [3.8, 4) is 0 Å². The zero-order chi connectivity index (χ0) is 11.5. The summed E-state index contributed by atoms with van der Waals surface area (Å²) >= 11 is 0. The second kappa shape index (κ2) is 4.61. The molecule has 1 heterocycles. The van der Waals surface area contributed by atoms with E-state index in [0.29, 0.717) is 12.3 Å². The first-order valence-electron chi connectivity index (χ1n) is 5.29. The molecule has 2 aromatic rings. The third kappa shape index (κ3) is 2.07. The summed E-state index contributed by atoms with van der Waals surface area (Å²) in [5.41, 5.74) is -0.00621. The van der Waals surface area contributed by atoms with Gasteiger partial charge in [0.05, 0.1) is 11.9 Å². The van der Waals surface area contributed by atoms with Gasteiger partial charge in [0.15, 0.2) is 11.4 Å². The predicted octanol–water partition coefficient (Wildman–Crippen LogP) is 3.21. The normalized spacial score (nSPS) is 11.2. The van der Waals surface area contributed by atoms with Crippen LogP contribution >= 0.6 is 0 Å². The molecule has 0 amide bonds. The average molecular weight is 225 g/mol. The first kappa shape index (κ1) is 11.1. The van der Waals surface area contributed by atoms with Gasteiger partial charge in [-0.25, -0.2) is 8.78 Å². The maximum atomic E-state index is 13.3. The smallest absolute Gasteiger partial charge is 0.172 e. The molecular weight excluding hydrogens is 212 g/mol. The summed E-state index contributed by atoms with van der Waals surface area (Å²) in [6, 6.07) is 3.72. The molecule has 0 bridgehead atoms. The minimum Gasteiger partial charge on any atom is -0.457 e. The second-order valence-electron chi connectivity index (χ2n) is 3.66. The Labute approximate surface area is 92.2 Å². The zero-order valence-corrected chi connectivity index (χ0v) is 9.02. The lowest BCUT2D eigenvalue weighted by atomic mass is 10.2. The third-order valence-electron chi connectivity index (χ3n) is 2.36. The van der Waals surface area contributed by atoms with Gasteiger partial charge in [0, 0.05) is 0 Å². The van der Waals surface area contributed by atoms with Gasteiger partial charge in [-0.1, -0.05) is 6.92 Å². The molecule has 0 radical (unpaired) electrons. The number of halogens is 2. The van der Waals surface area contributed by atoms with Gasteiger partial charge >= 0.3 is 0 Å². The summed E-state index contributed by atoms with van der Waals surface area (Å²) in [6.45, 7) is 3.38. The topological polar surface area (TPSA) is 25.2 Å². The van der Waals surface area contributed by atoms with Crippen molar-refractivity contribution in [2.45, 2.75) is 19.9 Å². The summed E-state index contributed by atoms with van der Waals surface area (Å²) in [6.07, 6.45) is 1.00. The molecule has 0 unspecified atom stereocenters. The van der Waals surface area contributed by atoms with Gasteiger partial charge in [0.25, 0.3) is 0 Å². The largest absolute Gasteiger partial charge is 0.457 e. The Morgan fingerprint density at radius 1 is 1.25 bits per heavy atom. The van der Waals surface area contributed by atoms with Crippen molar-refractivity contribution in [2.24, 2.45) is 0 Å². The highest BCUT2D eigenvalue weighted by Crippen LogP contribution is 2.24. The summed E-state index contributed by atoms with van der Waals surface area (Å²) in [4.78, 5) is 0. The van der Waals surface area contributed by atoms with Crippen LogP contribution in [0.25, 0.3) is 11.0 Å². The van der Waals surface area contributed by atoms with E-state index in [9.17, 15) is 8.78 Å². The van der Waals surface area contributed by atoms with Crippen LogP contribution in [-0.4, -0.2) is 6.54 Å². The fourth-order valence-electron chi connectivity index (χ4n) is 1.58. The number of hydrogen-bond acceptors (Lipinski definition) is 2. The van der Waals surface area contributed by atoms with Crippen molar-refractivity contribution in [3.05, 3.63) is 35.6 Å². The maximum Gasteiger partial charge on any atom is 0.172 e. The molecule has 86 valence electrons. The van der Waals surface area contributed by atoms with Crippen molar-refractivity contribution in [2.75, 3.05) is 6.54 Å². The fourth-order valence-corrected chi connectivity index (χ4v) is 1.58. The van der Waals surface area contributed by atoms with E-state index in [0.717, 1.165) is 25.1 Å². The van der Waals surface area contributed by atoms with E-state index < -0.39 is 11.6 Å². The molecule has 0 saturated heterocycles. The molecule has 4 heteroatoms. The van der Waals surface area contributed by atoms with E-state index in [2.05, 4.69) is 5.32 Å². The predicted molar refractivity (Wildman–Crippen MR) is 58.1 cm³/mol. The van der Waals surface area contributed by atoms with Crippen LogP contribution in [0.1, 0.15) is 19.1 Å². The molecule has 1 aromatic carbocycles. The number of furan rings is 1. The van der Waals surface area contributed by atoms with Gasteiger partial charge in [-0.15, -0.1) is 0 Å². The highest BCUT2D eigenvalue weighted by atomic mass is 19.1. The SMILES string of the molecule is CCCNCc1cc2c(F)ccc(F)c2o1. The molecule has 0 aliphatic heterocycles. The van der Waals surface area contributed by atoms with E-state index in [1.54, 1.807) is 0 Å². The van der Waals surface area contributed by atoms with E-state index >= 15 is 0 Å². The Morgan fingerprint density at radius 3 is 2.69 bits per heavy atom. The Hall–Kier alpha value is -1.42. The molecule has 2 nitrogen and oxygen atoms in total. The first-order chi connectivity index (χ1) is 7.72. The number of hydrogen-bond donors (Lipinski definition) is 1. The highest BCUT2D eigenvalue weighted by Gasteiger charge is 2.11. The first-order valence-corrected chi connectivity index (χ1v) is 5.29. The van der Waals surface area contributed by atoms with Crippen LogP contribution in [0.5, 0.6) is 0 Å². The van der Waals surface area contributed by atoms with Crippen molar-refractivity contribution in [1.82, 2.24) is 5.32 Å². The summed E-state index contributed by atoms with van der Waals surface area (Å²) in [5.74, 6) is -0.438.